The van der Waals surface area contributed by atoms with Crippen molar-refractivity contribution in [3.63, 3.8) is 0 Å². The SMILES string of the molecule is C=C(C)C(N)=NC[C-](COC(C)(C)C)CC(=O)OC(C)(C)C.[CH2-]OC.[U+2]. The summed E-state index contributed by atoms with van der Waals surface area (Å²) in [4.78, 5) is 16.2. The molecule has 0 aliphatic rings. The number of hydrogen-bond donors (Lipinski definition) is 1. The summed E-state index contributed by atoms with van der Waals surface area (Å²) in [5.74, 6) is 0.926. The fourth-order valence-electron chi connectivity index (χ4n) is 1.38. The third kappa shape index (κ3) is 21.7. The molecule has 0 atom stereocenters. The zero-order valence-electron chi connectivity index (χ0n) is 17.7. The second kappa shape index (κ2) is 14.7. The van der Waals surface area contributed by atoms with Crippen LogP contribution in [0.25, 0.3) is 0 Å². The second-order valence-corrected chi connectivity index (χ2v) is 7.68. The van der Waals surface area contributed by atoms with Crippen LogP contribution < -0.4 is 5.73 Å². The number of methoxy groups -OCH3 is 1. The number of hydrogen-bond acceptors (Lipinski definition) is 5. The number of carbonyl (C=O) groups excluding carboxylic acids is 1. The number of aliphatic imine (C=N–C) groups is 1. The fourth-order valence-corrected chi connectivity index (χ4v) is 1.38. The molecule has 0 aliphatic heterocycles. The van der Waals surface area contributed by atoms with E-state index >= 15 is 0 Å². The fraction of sp³-hybridized carbons (Fsp3) is 0.684. The average Bonchev–Trinajstić information content (AvgIpc) is 2.39. The van der Waals surface area contributed by atoms with Crippen LogP contribution in [-0.2, 0) is 19.0 Å². The standard InChI is InChI=1S/C17H31N2O3.C2H5O.U/c1-12(2)15(18)19-10-13(11-21-16(3,4)5)9-14(20)22-17(6,7)8;1-3-2;/h1,9-11H2,2-8H3,(H2,18,19);1H2,2H3;/q2*-1;+2. The Hall–Kier alpha value is -0.348. The Morgan fingerprint density at radius 2 is 1.65 bits per heavy atom. The molecule has 0 bridgehead atoms. The van der Waals surface area contributed by atoms with Gasteiger partial charge < -0.3 is 24.9 Å². The topological polar surface area (TPSA) is 83.1 Å². The zero-order valence-corrected chi connectivity index (χ0v) is 21.9. The number of rotatable bonds is 7. The van der Waals surface area contributed by atoms with E-state index in [2.05, 4.69) is 23.4 Å². The molecule has 7 heteroatoms. The quantitative estimate of drug-likeness (QED) is 0.211. The van der Waals surface area contributed by atoms with Crippen molar-refractivity contribution < 1.29 is 50.1 Å². The first kappa shape index (κ1) is 30.4. The Morgan fingerprint density at radius 1 is 1.19 bits per heavy atom. The molecule has 0 aromatic rings. The van der Waals surface area contributed by atoms with Gasteiger partial charge in [-0.1, -0.05) is 26.2 Å². The molecule has 26 heavy (non-hydrogen) atoms. The van der Waals surface area contributed by atoms with Crippen LogP contribution in [0, 0.1) is 44.1 Å². The summed E-state index contributed by atoms with van der Waals surface area (Å²) < 4.78 is 15.1. The van der Waals surface area contributed by atoms with E-state index in [1.54, 1.807) is 6.92 Å². The molecule has 0 aromatic carbocycles. The van der Waals surface area contributed by atoms with Crippen molar-refractivity contribution >= 4 is 11.8 Å². The Bertz CT molecular complexity index is 438. The van der Waals surface area contributed by atoms with Gasteiger partial charge >= 0.3 is 31.1 Å². The predicted molar refractivity (Wildman–Crippen MR) is 103 cm³/mol. The smallest absolute Gasteiger partial charge is 0.557 e. The predicted octanol–water partition coefficient (Wildman–Crippen LogP) is 3.47. The molecular weight excluding hydrogens is 558 g/mol. The normalized spacial score (nSPS) is 12.0. The molecule has 0 heterocycles. The number of carbonyl (C=O) groups is 1. The van der Waals surface area contributed by atoms with E-state index in [9.17, 15) is 4.79 Å². The van der Waals surface area contributed by atoms with E-state index < -0.39 is 5.60 Å². The number of nitrogens with zero attached hydrogens (tertiary/aromatic N) is 1. The molecule has 0 saturated carbocycles. The maximum atomic E-state index is 12.0. The van der Waals surface area contributed by atoms with Gasteiger partial charge in [0, 0.05) is 0 Å². The molecule has 0 spiro atoms. The summed E-state index contributed by atoms with van der Waals surface area (Å²) in [5, 5.41) is 0. The van der Waals surface area contributed by atoms with E-state index in [1.165, 1.54) is 7.11 Å². The van der Waals surface area contributed by atoms with Crippen LogP contribution in [0.5, 0.6) is 0 Å². The summed E-state index contributed by atoms with van der Waals surface area (Å²) in [7, 11) is 4.50. The third-order valence-corrected chi connectivity index (χ3v) is 2.43. The van der Waals surface area contributed by atoms with E-state index in [0.29, 0.717) is 24.6 Å². The van der Waals surface area contributed by atoms with Gasteiger partial charge in [-0.25, -0.2) is 7.11 Å². The van der Waals surface area contributed by atoms with Gasteiger partial charge in [0.25, 0.3) is 5.97 Å². The molecule has 0 saturated heterocycles. The molecule has 0 aromatic heterocycles. The maximum Gasteiger partial charge on any atom is 2.00 e. The first-order valence-corrected chi connectivity index (χ1v) is 8.15. The molecule has 6 nitrogen and oxygen atoms in total. The Balaban J connectivity index is -0.00000123. The summed E-state index contributed by atoms with van der Waals surface area (Å²) in [6.45, 7) is 17.6. The third-order valence-electron chi connectivity index (χ3n) is 2.43. The van der Waals surface area contributed by atoms with Crippen LogP contribution in [-0.4, -0.2) is 43.3 Å². The van der Waals surface area contributed by atoms with Crippen LogP contribution in [0.4, 0.5) is 0 Å². The van der Waals surface area contributed by atoms with Gasteiger partial charge in [-0.05, 0) is 61.1 Å². The second-order valence-electron chi connectivity index (χ2n) is 7.68. The minimum atomic E-state index is -0.507. The monoisotopic (exact) mass is 594 g/mol. The minimum absolute atomic E-state index is 0. The number of nitrogens with two attached hydrogens (primary N) is 1. The van der Waals surface area contributed by atoms with E-state index in [1.807, 2.05) is 41.5 Å². The van der Waals surface area contributed by atoms with Gasteiger partial charge in [-0.3, -0.25) is 10.7 Å². The molecule has 150 valence electrons. The number of esters is 1. The van der Waals surface area contributed by atoms with Gasteiger partial charge in [-0.15, -0.1) is 0 Å². The molecule has 0 unspecified atom stereocenters. The van der Waals surface area contributed by atoms with Crippen LogP contribution >= 0.6 is 0 Å². The number of amidine groups is 1. The van der Waals surface area contributed by atoms with E-state index in [-0.39, 0.29) is 49.1 Å². The Morgan fingerprint density at radius 3 is 2.00 bits per heavy atom. The minimum Gasteiger partial charge on any atom is -0.557 e. The molecule has 2 N–H and O–H groups in total. The van der Waals surface area contributed by atoms with E-state index in [0.717, 1.165) is 5.92 Å². The van der Waals surface area contributed by atoms with Crippen LogP contribution in [0.1, 0.15) is 54.9 Å². The van der Waals surface area contributed by atoms with Gasteiger partial charge in [0.05, 0.1) is 5.60 Å². The van der Waals surface area contributed by atoms with Gasteiger partial charge in [-0.2, -0.15) is 0 Å². The van der Waals surface area contributed by atoms with Crippen molar-refractivity contribution in [2.75, 3.05) is 20.3 Å². The number of ether oxygens (including phenoxy) is 3. The Kier molecular flexibility index (Phi) is 17.2. The maximum absolute atomic E-state index is 12.0. The Labute approximate surface area is 183 Å². The summed E-state index contributed by atoms with van der Waals surface area (Å²) in [5.41, 5.74) is 5.67. The van der Waals surface area contributed by atoms with Crippen molar-refractivity contribution in [2.45, 2.75) is 66.1 Å². The van der Waals surface area contributed by atoms with Gasteiger partial charge in [0.15, 0.2) is 0 Å². The van der Waals surface area contributed by atoms with Crippen LogP contribution in [0.2, 0.25) is 0 Å². The molecule has 0 amide bonds. The van der Waals surface area contributed by atoms with Crippen molar-refractivity contribution in [2.24, 2.45) is 10.7 Å². The summed E-state index contributed by atoms with van der Waals surface area (Å²) in [6, 6.07) is 0. The summed E-state index contributed by atoms with van der Waals surface area (Å²) >= 11 is 0. The van der Waals surface area contributed by atoms with Crippen molar-refractivity contribution in [3.8, 4) is 0 Å². The zero-order chi connectivity index (χ0) is 20.3. The molecule has 0 aliphatic carbocycles. The first-order valence-electron chi connectivity index (χ1n) is 8.15. The summed E-state index contributed by atoms with van der Waals surface area (Å²) in [6.07, 6.45) is 0.167. The molecule has 0 fully saturated rings. The van der Waals surface area contributed by atoms with E-state index in [4.69, 9.17) is 15.2 Å². The van der Waals surface area contributed by atoms with Crippen LogP contribution in [0.15, 0.2) is 17.1 Å². The van der Waals surface area contributed by atoms with Crippen molar-refractivity contribution in [3.05, 3.63) is 25.2 Å². The van der Waals surface area contributed by atoms with Gasteiger partial charge in [0.1, 0.15) is 11.4 Å². The van der Waals surface area contributed by atoms with Crippen LogP contribution in [0.3, 0.4) is 0 Å². The molecular formula is C19H36N2O4U. The van der Waals surface area contributed by atoms with Gasteiger partial charge in [0.2, 0.25) is 0 Å². The molecule has 0 radical (unpaired) electrons. The van der Waals surface area contributed by atoms with Crippen molar-refractivity contribution in [1.82, 2.24) is 0 Å². The largest absolute Gasteiger partial charge is 2.00 e. The first-order chi connectivity index (χ1) is 11.2. The average molecular weight is 595 g/mol. The van der Waals surface area contributed by atoms with Crippen molar-refractivity contribution in [1.29, 1.82) is 0 Å². The molecule has 0 rings (SSSR count).